The summed E-state index contributed by atoms with van der Waals surface area (Å²) in [5.41, 5.74) is 1.33. The lowest BCUT2D eigenvalue weighted by atomic mass is 10.1. The third-order valence-electron chi connectivity index (χ3n) is 2.51. The summed E-state index contributed by atoms with van der Waals surface area (Å²) in [6.07, 6.45) is 1.83. The molecule has 0 amide bonds. The Morgan fingerprint density at radius 3 is 2.94 bits per heavy atom. The van der Waals surface area contributed by atoms with Crippen molar-refractivity contribution in [3.05, 3.63) is 34.4 Å². The molecule has 0 unspecified atom stereocenters. The van der Waals surface area contributed by atoms with Crippen molar-refractivity contribution >= 4 is 10.9 Å². The number of aromatic amines is 1. The van der Waals surface area contributed by atoms with Gasteiger partial charge in [0.25, 0.3) is 0 Å². The highest BCUT2D eigenvalue weighted by Crippen LogP contribution is 2.20. The molecule has 0 saturated carbocycles. The van der Waals surface area contributed by atoms with Crippen LogP contribution in [0.5, 0.6) is 5.75 Å². The third kappa shape index (κ3) is 1.91. The van der Waals surface area contributed by atoms with Gasteiger partial charge in [0, 0.05) is 17.1 Å². The van der Waals surface area contributed by atoms with E-state index in [0.29, 0.717) is 11.3 Å². The predicted octanol–water partition coefficient (Wildman–Crippen LogP) is 1.88. The fourth-order valence-electron chi connectivity index (χ4n) is 1.77. The van der Waals surface area contributed by atoms with Gasteiger partial charge in [-0.3, -0.25) is 0 Å². The summed E-state index contributed by atoms with van der Waals surface area (Å²) < 4.78 is 5.11. The molecule has 0 atom stereocenters. The molecule has 0 saturated heterocycles. The number of methoxy groups -OCH3 is 1. The van der Waals surface area contributed by atoms with E-state index in [4.69, 9.17) is 4.74 Å². The average molecular weight is 218 g/mol. The fraction of sp³-hybridized carbons (Fsp3) is 0.333. The molecule has 0 aliphatic heterocycles. The number of H-pyrrole nitrogens is 1. The largest absolute Gasteiger partial charge is 0.497 e. The van der Waals surface area contributed by atoms with Gasteiger partial charge in [0.15, 0.2) is 0 Å². The van der Waals surface area contributed by atoms with Gasteiger partial charge < -0.3 is 9.72 Å². The second kappa shape index (κ2) is 4.35. The molecule has 84 valence electrons. The lowest BCUT2D eigenvalue weighted by Gasteiger charge is -2.05. The number of aromatic nitrogens is 2. The number of ether oxygens (including phenoxy) is 1. The van der Waals surface area contributed by atoms with Crippen LogP contribution in [-0.4, -0.2) is 17.1 Å². The monoisotopic (exact) mass is 218 g/mol. The minimum Gasteiger partial charge on any atom is -0.497 e. The number of fused-ring (bicyclic) bond motifs is 1. The first kappa shape index (κ1) is 10.7. The van der Waals surface area contributed by atoms with E-state index in [0.717, 1.165) is 23.9 Å². The van der Waals surface area contributed by atoms with E-state index in [1.807, 2.05) is 12.1 Å². The van der Waals surface area contributed by atoms with Crippen LogP contribution in [0.25, 0.3) is 10.9 Å². The molecule has 4 nitrogen and oxygen atoms in total. The molecule has 16 heavy (non-hydrogen) atoms. The van der Waals surface area contributed by atoms with Gasteiger partial charge in [0.2, 0.25) is 0 Å². The van der Waals surface area contributed by atoms with Gasteiger partial charge in [-0.2, -0.15) is 4.98 Å². The summed E-state index contributed by atoms with van der Waals surface area (Å²) in [5, 5.41) is 0.988. The topological polar surface area (TPSA) is 55.0 Å². The number of rotatable bonds is 3. The number of hydrogen-bond donors (Lipinski definition) is 1. The number of aryl methyl sites for hydroxylation is 1. The molecule has 2 rings (SSSR count). The Morgan fingerprint density at radius 1 is 1.44 bits per heavy atom. The van der Waals surface area contributed by atoms with Gasteiger partial charge in [-0.15, -0.1) is 0 Å². The summed E-state index contributed by atoms with van der Waals surface area (Å²) in [5.74, 6) is 0.716. The molecule has 0 radical (unpaired) electrons. The molecule has 0 aliphatic carbocycles. The summed E-state index contributed by atoms with van der Waals surface area (Å²) in [6.45, 7) is 2.08. The number of hydrogen-bond acceptors (Lipinski definition) is 3. The maximum absolute atomic E-state index is 11.4. The third-order valence-corrected chi connectivity index (χ3v) is 2.51. The van der Waals surface area contributed by atoms with Crippen molar-refractivity contribution in [3.8, 4) is 5.75 Å². The second-order valence-corrected chi connectivity index (χ2v) is 3.65. The lowest BCUT2D eigenvalue weighted by molar-refractivity contribution is 0.415. The van der Waals surface area contributed by atoms with Gasteiger partial charge in [-0.25, -0.2) is 4.79 Å². The predicted molar refractivity (Wildman–Crippen MR) is 62.9 cm³/mol. The highest BCUT2D eigenvalue weighted by molar-refractivity contribution is 5.82. The smallest absolute Gasteiger partial charge is 0.345 e. The maximum atomic E-state index is 11.4. The molecule has 0 spiro atoms. The number of nitrogens with one attached hydrogen (secondary N) is 1. The first-order valence-electron chi connectivity index (χ1n) is 5.31. The summed E-state index contributed by atoms with van der Waals surface area (Å²) in [7, 11) is 1.60. The average Bonchev–Trinajstić information content (AvgIpc) is 2.28. The molecule has 1 aromatic carbocycles. The van der Waals surface area contributed by atoms with Gasteiger partial charge in [-0.05, 0) is 18.6 Å². The minimum atomic E-state index is -0.302. The van der Waals surface area contributed by atoms with E-state index in [9.17, 15) is 4.79 Å². The zero-order valence-corrected chi connectivity index (χ0v) is 9.41. The van der Waals surface area contributed by atoms with Crippen LogP contribution in [0.1, 0.15) is 19.0 Å². The Balaban J connectivity index is 2.68. The highest BCUT2D eigenvalue weighted by Gasteiger charge is 2.05. The van der Waals surface area contributed by atoms with E-state index in [1.54, 1.807) is 13.2 Å². The Labute approximate surface area is 93.3 Å². The van der Waals surface area contributed by atoms with E-state index < -0.39 is 0 Å². The second-order valence-electron chi connectivity index (χ2n) is 3.65. The van der Waals surface area contributed by atoms with Crippen LogP contribution in [0.2, 0.25) is 0 Å². The molecule has 2 aromatic rings. The molecule has 0 fully saturated rings. The van der Waals surface area contributed by atoms with Gasteiger partial charge in [0.1, 0.15) is 5.75 Å². The van der Waals surface area contributed by atoms with Crippen molar-refractivity contribution in [3.63, 3.8) is 0 Å². The summed E-state index contributed by atoms with van der Waals surface area (Å²) in [4.78, 5) is 18.1. The zero-order chi connectivity index (χ0) is 11.5. The van der Waals surface area contributed by atoms with Crippen molar-refractivity contribution in [2.75, 3.05) is 7.11 Å². The quantitative estimate of drug-likeness (QED) is 0.855. The Morgan fingerprint density at radius 2 is 2.25 bits per heavy atom. The van der Waals surface area contributed by atoms with Crippen molar-refractivity contribution in [1.29, 1.82) is 0 Å². The Kier molecular flexibility index (Phi) is 2.90. The van der Waals surface area contributed by atoms with Crippen molar-refractivity contribution in [1.82, 2.24) is 9.97 Å². The maximum Gasteiger partial charge on any atom is 0.345 e. The van der Waals surface area contributed by atoms with Gasteiger partial charge >= 0.3 is 5.69 Å². The Bertz CT molecular complexity index is 560. The summed E-state index contributed by atoms with van der Waals surface area (Å²) >= 11 is 0. The lowest BCUT2D eigenvalue weighted by Crippen LogP contribution is -2.13. The molecule has 4 heteroatoms. The molecule has 0 bridgehead atoms. The van der Waals surface area contributed by atoms with E-state index >= 15 is 0 Å². The summed E-state index contributed by atoms with van der Waals surface area (Å²) in [6, 6.07) is 5.59. The zero-order valence-electron chi connectivity index (χ0n) is 9.41. The number of nitrogens with zero attached hydrogens (tertiary/aromatic N) is 1. The van der Waals surface area contributed by atoms with E-state index in [-0.39, 0.29) is 5.69 Å². The highest BCUT2D eigenvalue weighted by atomic mass is 16.5. The van der Waals surface area contributed by atoms with Crippen molar-refractivity contribution in [2.45, 2.75) is 19.8 Å². The minimum absolute atomic E-state index is 0.302. The van der Waals surface area contributed by atoms with Crippen LogP contribution < -0.4 is 10.4 Å². The SMILES string of the molecule is CCCc1[nH]c(=O)nc2cc(OC)ccc12. The van der Waals surface area contributed by atoms with Crippen LogP contribution in [0, 0.1) is 0 Å². The first-order valence-corrected chi connectivity index (χ1v) is 5.31. The van der Waals surface area contributed by atoms with Crippen LogP contribution >= 0.6 is 0 Å². The van der Waals surface area contributed by atoms with E-state index in [2.05, 4.69) is 16.9 Å². The van der Waals surface area contributed by atoms with Crippen LogP contribution in [0.15, 0.2) is 23.0 Å². The van der Waals surface area contributed by atoms with Crippen molar-refractivity contribution < 1.29 is 4.74 Å². The normalized spacial score (nSPS) is 10.6. The van der Waals surface area contributed by atoms with E-state index in [1.165, 1.54) is 0 Å². The fourth-order valence-corrected chi connectivity index (χ4v) is 1.77. The molecular formula is C12H14N2O2. The van der Waals surface area contributed by atoms with Gasteiger partial charge in [0.05, 0.1) is 12.6 Å². The molecule has 0 aliphatic rings. The van der Waals surface area contributed by atoms with Crippen molar-refractivity contribution in [2.24, 2.45) is 0 Å². The van der Waals surface area contributed by atoms with Crippen LogP contribution in [0.3, 0.4) is 0 Å². The molecule has 1 aromatic heterocycles. The standard InChI is InChI=1S/C12H14N2O2/c1-3-4-10-9-6-5-8(16-2)7-11(9)14-12(15)13-10/h5-7H,3-4H2,1-2H3,(H,13,14,15). The van der Waals surface area contributed by atoms with Gasteiger partial charge in [-0.1, -0.05) is 13.3 Å². The first-order chi connectivity index (χ1) is 7.74. The molecule has 1 heterocycles. The molecule has 1 N–H and O–H groups in total. The number of benzene rings is 1. The van der Waals surface area contributed by atoms with Crippen LogP contribution in [-0.2, 0) is 6.42 Å². The molecular weight excluding hydrogens is 204 g/mol. The van der Waals surface area contributed by atoms with Crippen LogP contribution in [0.4, 0.5) is 0 Å². The Hall–Kier alpha value is -1.84.